The van der Waals surface area contributed by atoms with Crippen LogP contribution in [0.25, 0.3) is 0 Å². The molecule has 3 nitrogen and oxygen atoms in total. The topological polar surface area (TPSA) is 19.4 Å². The van der Waals surface area contributed by atoms with Crippen molar-refractivity contribution in [1.82, 2.24) is 14.8 Å². The fraction of sp³-hybridized carbons (Fsp3) is 0.389. The number of rotatable bonds is 4. The molecule has 2 heterocycles. The van der Waals surface area contributed by atoms with E-state index in [-0.39, 0.29) is 0 Å². The van der Waals surface area contributed by atoms with Gasteiger partial charge in [0.15, 0.2) is 0 Å². The summed E-state index contributed by atoms with van der Waals surface area (Å²) in [5.41, 5.74) is 2.88. The largest absolute Gasteiger partial charge is 0.296 e. The summed E-state index contributed by atoms with van der Waals surface area (Å²) in [6, 6.07) is 7.84. The van der Waals surface area contributed by atoms with Crippen molar-refractivity contribution < 1.29 is 8.78 Å². The van der Waals surface area contributed by atoms with E-state index in [4.69, 9.17) is 0 Å². The molecule has 0 spiro atoms. The lowest BCUT2D eigenvalue weighted by atomic mass is 10.1. The van der Waals surface area contributed by atoms with E-state index < -0.39 is 11.6 Å². The van der Waals surface area contributed by atoms with Gasteiger partial charge in [-0.3, -0.25) is 14.8 Å². The average molecular weight is 317 g/mol. The smallest absolute Gasteiger partial charge is 0.130 e. The molecular weight excluding hydrogens is 296 g/mol. The Morgan fingerprint density at radius 1 is 1.00 bits per heavy atom. The zero-order chi connectivity index (χ0) is 16.2. The maximum atomic E-state index is 13.7. The van der Waals surface area contributed by atoms with Gasteiger partial charge >= 0.3 is 0 Å². The highest BCUT2D eigenvalue weighted by Gasteiger charge is 2.19. The monoisotopic (exact) mass is 317 g/mol. The SMILES string of the molecule is Cc1cccnc1CN1CCN(Cc2ccc(F)cc2F)CC1. The zero-order valence-electron chi connectivity index (χ0n) is 13.3. The second kappa shape index (κ2) is 7.15. The summed E-state index contributed by atoms with van der Waals surface area (Å²) in [6.07, 6.45) is 1.83. The lowest BCUT2D eigenvalue weighted by Crippen LogP contribution is -2.45. The molecule has 0 unspecified atom stereocenters. The van der Waals surface area contributed by atoms with Crippen LogP contribution in [-0.2, 0) is 13.1 Å². The van der Waals surface area contributed by atoms with Crippen LogP contribution in [0.3, 0.4) is 0 Å². The van der Waals surface area contributed by atoms with Crippen molar-refractivity contribution in [2.24, 2.45) is 0 Å². The second-order valence-corrected chi connectivity index (χ2v) is 6.06. The average Bonchev–Trinajstić information content (AvgIpc) is 2.54. The van der Waals surface area contributed by atoms with Gasteiger partial charge in [-0.2, -0.15) is 0 Å². The van der Waals surface area contributed by atoms with Gasteiger partial charge in [0.05, 0.1) is 5.69 Å². The van der Waals surface area contributed by atoms with Crippen molar-refractivity contribution >= 4 is 0 Å². The quantitative estimate of drug-likeness (QED) is 0.864. The highest BCUT2D eigenvalue weighted by molar-refractivity contribution is 5.19. The first-order chi connectivity index (χ1) is 11.1. The highest BCUT2D eigenvalue weighted by Crippen LogP contribution is 2.15. The van der Waals surface area contributed by atoms with E-state index in [1.54, 1.807) is 0 Å². The minimum absolute atomic E-state index is 0.462. The number of hydrogen-bond donors (Lipinski definition) is 0. The van der Waals surface area contributed by atoms with Gasteiger partial charge in [-0.15, -0.1) is 0 Å². The van der Waals surface area contributed by atoms with Crippen molar-refractivity contribution in [1.29, 1.82) is 0 Å². The summed E-state index contributed by atoms with van der Waals surface area (Å²) in [5, 5.41) is 0. The van der Waals surface area contributed by atoms with E-state index >= 15 is 0 Å². The first-order valence-corrected chi connectivity index (χ1v) is 7.91. The van der Waals surface area contributed by atoms with Crippen LogP contribution in [0.15, 0.2) is 36.5 Å². The number of halogens is 2. The molecule has 1 saturated heterocycles. The number of nitrogens with zero attached hydrogens (tertiary/aromatic N) is 3. The van der Waals surface area contributed by atoms with Crippen LogP contribution in [0.2, 0.25) is 0 Å². The van der Waals surface area contributed by atoms with E-state index in [9.17, 15) is 8.78 Å². The first kappa shape index (κ1) is 16.0. The predicted molar refractivity (Wildman–Crippen MR) is 85.9 cm³/mol. The third-order valence-corrected chi connectivity index (χ3v) is 4.37. The van der Waals surface area contributed by atoms with E-state index in [2.05, 4.69) is 27.8 Å². The van der Waals surface area contributed by atoms with Gasteiger partial charge in [-0.25, -0.2) is 8.78 Å². The van der Waals surface area contributed by atoms with Crippen molar-refractivity contribution in [2.45, 2.75) is 20.0 Å². The van der Waals surface area contributed by atoms with E-state index in [1.165, 1.54) is 17.7 Å². The molecule has 1 aromatic heterocycles. The van der Waals surface area contributed by atoms with Crippen LogP contribution in [0.1, 0.15) is 16.8 Å². The standard InChI is InChI=1S/C18H21F2N3/c1-14-3-2-6-21-18(14)13-23-9-7-22(8-10-23)12-15-4-5-16(19)11-17(15)20/h2-6,11H,7-10,12-13H2,1H3. The Morgan fingerprint density at radius 2 is 1.70 bits per heavy atom. The van der Waals surface area contributed by atoms with Gasteiger partial charge in [0.25, 0.3) is 0 Å². The van der Waals surface area contributed by atoms with Crippen LogP contribution in [0, 0.1) is 18.6 Å². The molecule has 0 atom stereocenters. The summed E-state index contributed by atoms with van der Waals surface area (Å²) >= 11 is 0. The molecule has 122 valence electrons. The number of hydrogen-bond acceptors (Lipinski definition) is 3. The Hall–Kier alpha value is -1.85. The molecule has 5 heteroatoms. The second-order valence-electron chi connectivity index (χ2n) is 6.06. The van der Waals surface area contributed by atoms with Gasteiger partial charge in [0, 0.05) is 57.1 Å². The maximum absolute atomic E-state index is 13.7. The van der Waals surface area contributed by atoms with Gasteiger partial charge in [-0.05, 0) is 24.6 Å². The van der Waals surface area contributed by atoms with Gasteiger partial charge in [-0.1, -0.05) is 12.1 Å². The van der Waals surface area contributed by atoms with Crippen LogP contribution < -0.4 is 0 Å². The van der Waals surface area contributed by atoms with E-state index in [0.29, 0.717) is 12.1 Å². The number of pyridine rings is 1. The molecule has 0 saturated carbocycles. The Balaban J connectivity index is 1.53. The van der Waals surface area contributed by atoms with E-state index in [1.807, 2.05) is 12.3 Å². The number of aromatic nitrogens is 1. The molecule has 0 bridgehead atoms. The van der Waals surface area contributed by atoms with Crippen LogP contribution in [0.4, 0.5) is 8.78 Å². The Kier molecular flexibility index (Phi) is 4.98. The van der Waals surface area contributed by atoms with Crippen molar-refractivity contribution in [3.05, 3.63) is 65.0 Å². The molecule has 1 fully saturated rings. The third kappa shape index (κ3) is 4.12. The molecule has 0 amide bonds. The molecule has 1 aromatic carbocycles. The number of piperazine rings is 1. The summed E-state index contributed by atoms with van der Waals surface area (Å²) in [5.74, 6) is -0.988. The molecule has 1 aliphatic heterocycles. The third-order valence-electron chi connectivity index (χ3n) is 4.37. The van der Waals surface area contributed by atoms with Crippen molar-refractivity contribution in [3.63, 3.8) is 0 Å². The summed E-state index contributed by atoms with van der Waals surface area (Å²) in [4.78, 5) is 9.01. The minimum Gasteiger partial charge on any atom is -0.296 e. The summed E-state index contributed by atoms with van der Waals surface area (Å²) in [6.45, 7) is 7.08. The van der Waals surface area contributed by atoms with Crippen LogP contribution >= 0.6 is 0 Å². The summed E-state index contributed by atoms with van der Waals surface area (Å²) in [7, 11) is 0. The maximum Gasteiger partial charge on any atom is 0.130 e. The fourth-order valence-electron chi connectivity index (χ4n) is 2.89. The predicted octanol–water partition coefficient (Wildman–Crippen LogP) is 2.99. The van der Waals surface area contributed by atoms with Gasteiger partial charge in [0.2, 0.25) is 0 Å². The van der Waals surface area contributed by atoms with E-state index in [0.717, 1.165) is 44.5 Å². The normalized spacial score (nSPS) is 16.7. The highest BCUT2D eigenvalue weighted by atomic mass is 19.1. The van der Waals surface area contributed by atoms with Crippen LogP contribution in [-0.4, -0.2) is 41.0 Å². The Morgan fingerprint density at radius 3 is 2.35 bits per heavy atom. The van der Waals surface area contributed by atoms with Crippen molar-refractivity contribution in [3.8, 4) is 0 Å². The molecular formula is C18H21F2N3. The zero-order valence-corrected chi connectivity index (χ0v) is 13.3. The fourth-order valence-corrected chi connectivity index (χ4v) is 2.89. The first-order valence-electron chi connectivity index (χ1n) is 7.91. The molecule has 3 rings (SSSR count). The molecule has 1 aliphatic rings. The van der Waals surface area contributed by atoms with Crippen LogP contribution in [0.5, 0.6) is 0 Å². The molecule has 0 radical (unpaired) electrons. The summed E-state index contributed by atoms with van der Waals surface area (Å²) < 4.78 is 26.7. The Bertz CT molecular complexity index is 667. The van der Waals surface area contributed by atoms with Gasteiger partial charge in [0.1, 0.15) is 11.6 Å². The minimum atomic E-state index is -0.526. The van der Waals surface area contributed by atoms with Gasteiger partial charge < -0.3 is 0 Å². The number of benzene rings is 1. The molecule has 0 N–H and O–H groups in total. The molecule has 2 aromatic rings. The molecule has 0 aliphatic carbocycles. The Labute approximate surface area is 135 Å². The number of aryl methyl sites for hydroxylation is 1. The van der Waals surface area contributed by atoms with Crippen molar-refractivity contribution in [2.75, 3.05) is 26.2 Å². The lowest BCUT2D eigenvalue weighted by molar-refractivity contribution is 0.120. The lowest BCUT2D eigenvalue weighted by Gasteiger charge is -2.34. The molecule has 23 heavy (non-hydrogen) atoms.